The lowest BCUT2D eigenvalue weighted by Crippen LogP contribution is -2.45. The van der Waals surface area contributed by atoms with Crippen LogP contribution in [0, 0.1) is 0 Å². The Balaban J connectivity index is 1.82. The number of carbonyl (C=O) groups excluding carboxylic acids is 2. The van der Waals surface area contributed by atoms with Crippen LogP contribution in [0.3, 0.4) is 0 Å². The van der Waals surface area contributed by atoms with Crippen molar-refractivity contribution in [3.63, 3.8) is 0 Å². The SMILES string of the molecule is COC(=O)c1ccc(NC(=O)C(Cc2ccccc2)NS(=O)(=O)c2ccc(OC)cc2)cc1. The van der Waals surface area contributed by atoms with Crippen molar-refractivity contribution in [1.82, 2.24) is 4.72 Å². The highest BCUT2D eigenvalue weighted by atomic mass is 32.2. The first-order valence-corrected chi connectivity index (χ1v) is 11.5. The number of amides is 1. The molecule has 0 aliphatic carbocycles. The van der Waals surface area contributed by atoms with Crippen LogP contribution in [0.2, 0.25) is 0 Å². The molecule has 0 spiro atoms. The van der Waals surface area contributed by atoms with Gasteiger partial charge in [-0.25, -0.2) is 13.2 Å². The minimum atomic E-state index is -3.99. The summed E-state index contributed by atoms with van der Waals surface area (Å²) in [6.07, 6.45) is 0.141. The molecule has 8 nitrogen and oxygen atoms in total. The summed E-state index contributed by atoms with van der Waals surface area (Å²) in [5.41, 5.74) is 1.53. The first kappa shape index (κ1) is 24.0. The molecule has 0 bridgehead atoms. The van der Waals surface area contributed by atoms with Crippen molar-refractivity contribution >= 4 is 27.6 Å². The molecule has 0 aromatic heterocycles. The highest BCUT2D eigenvalue weighted by molar-refractivity contribution is 7.89. The predicted octanol–water partition coefficient (Wildman–Crippen LogP) is 3.01. The second-order valence-corrected chi connectivity index (χ2v) is 8.81. The second-order valence-electron chi connectivity index (χ2n) is 7.10. The van der Waals surface area contributed by atoms with E-state index in [1.807, 2.05) is 30.3 Å². The molecular weight excluding hydrogens is 444 g/mol. The molecule has 0 aliphatic heterocycles. The van der Waals surface area contributed by atoms with E-state index < -0.39 is 27.9 Å². The molecule has 3 aromatic carbocycles. The van der Waals surface area contributed by atoms with Crippen molar-refractivity contribution in [2.24, 2.45) is 0 Å². The molecule has 3 aromatic rings. The molecule has 0 saturated heterocycles. The third kappa shape index (κ3) is 6.41. The number of benzene rings is 3. The van der Waals surface area contributed by atoms with E-state index in [1.165, 1.54) is 50.6 Å². The van der Waals surface area contributed by atoms with E-state index in [0.29, 0.717) is 17.0 Å². The zero-order valence-corrected chi connectivity index (χ0v) is 19.0. The van der Waals surface area contributed by atoms with Crippen LogP contribution < -0.4 is 14.8 Å². The summed E-state index contributed by atoms with van der Waals surface area (Å²) in [5, 5.41) is 2.70. The summed E-state index contributed by atoms with van der Waals surface area (Å²) in [5.74, 6) is -0.522. The van der Waals surface area contributed by atoms with Crippen LogP contribution in [0.5, 0.6) is 5.75 Å². The van der Waals surface area contributed by atoms with E-state index in [2.05, 4.69) is 14.8 Å². The highest BCUT2D eigenvalue weighted by Crippen LogP contribution is 2.17. The van der Waals surface area contributed by atoms with Gasteiger partial charge in [0.15, 0.2) is 0 Å². The van der Waals surface area contributed by atoms with Gasteiger partial charge in [0.1, 0.15) is 11.8 Å². The number of rotatable bonds is 9. The number of ether oxygens (including phenoxy) is 2. The Morgan fingerprint density at radius 2 is 1.52 bits per heavy atom. The van der Waals surface area contributed by atoms with Crippen LogP contribution in [0.25, 0.3) is 0 Å². The van der Waals surface area contributed by atoms with Crippen molar-refractivity contribution in [1.29, 1.82) is 0 Å². The van der Waals surface area contributed by atoms with E-state index in [1.54, 1.807) is 12.1 Å². The van der Waals surface area contributed by atoms with Crippen molar-refractivity contribution in [2.45, 2.75) is 17.4 Å². The van der Waals surface area contributed by atoms with Gasteiger partial charge in [0, 0.05) is 5.69 Å². The average Bonchev–Trinajstić information content (AvgIpc) is 2.84. The number of hydrogen-bond acceptors (Lipinski definition) is 6. The molecule has 2 N–H and O–H groups in total. The number of methoxy groups -OCH3 is 2. The minimum Gasteiger partial charge on any atom is -0.497 e. The fraction of sp³-hybridized carbons (Fsp3) is 0.167. The van der Waals surface area contributed by atoms with Gasteiger partial charge in [-0.3, -0.25) is 4.79 Å². The van der Waals surface area contributed by atoms with Crippen LogP contribution in [0.1, 0.15) is 15.9 Å². The topological polar surface area (TPSA) is 111 Å². The Bertz CT molecular complexity index is 1190. The lowest BCUT2D eigenvalue weighted by Gasteiger charge is -2.19. The zero-order valence-electron chi connectivity index (χ0n) is 18.1. The van der Waals surface area contributed by atoms with Gasteiger partial charge >= 0.3 is 5.97 Å². The fourth-order valence-corrected chi connectivity index (χ4v) is 4.28. The van der Waals surface area contributed by atoms with Crippen LogP contribution >= 0.6 is 0 Å². The summed E-state index contributed by atoms with van der Waals surface area (Å²) in [4.78, 5) is 24.7. The number of hydrogen-bond donors (Lipinski definition) is 2. The lowest BCUT2D eigenvalue weighted by molar-refractivity contribution is -0.117. The molecule has 1 amide bonds. The number of carbonyl (C=O) groups is 2. The zero-order chi connectivity index (χ0) is 23.8. The molecule has 0 heterocycles. The fourth-order valence-electron chi connectivity index (χ4n) is 3.08. The number of anilines is 1. The predicted molar refractivity (Wildman–Crippen MR) is 124 cm³/mol. The maximum Gasteiger partial charge on any atom is 0.337 e. The van der Waals surface area contributed by atoms with Crippen LogP contribution in [0.4, 0.5) is 5.69 Å². The second kappa shape index (κ2) is 10.8. The quantitative estimate of drug-likeness (QED) is 0.467. The van der Waals surface area contributed by atoms with Crippen molar-refractivity contribution in [2.75, 3.05) is 19.5 Å². The van der Waals surface area contributed by atoms with Gasteiger partial charge in [-0.15, -0.1) is 0 Å². The van der Waals surface area contributed by atoms with Gasteiger partial charge in [0.2, 0.25) is 15.9 Å². The molecular formula is C24H24N2O6S. The van der Waals surface area contributed by atoms with Crippen LogP contribution in [0.15, 0.2) is 83.8 Å². The Morgan fingerprint density at radius 1 is 0.879 bits per heavy atom. The molecule has 0 saturated carbocycles. The standard InChI is InChI=1S/C24H24N2O6S/c1-31-20-12-14-21(15-13-20)33(29,30)26-22(16-17-6-4-3-5-7-17)23(27)25-19-10-8-18(9-11-19)24(28)32-2/h3-15,22,26H,16H2,1-2H3,(H,25,27). The summed E-state index contributed by atoms with van der Waals surface area (Å²) in [7, 11) is -1.23. The first-order valence-electron chi connectivity index (χ1n) is 10.0. The minimum absolute atomic E-state index is 0.0107. The Labute approximate surface area is 192 Å². The Kier molecular flexibility index (Phi) is 7.81. The molecule has 33 heavy (non-hydrogen) atoms. The number of nitrogens with one attached hydrogen (secondary N) is 2. The molecule has 172 valence electrons. The van der Waals surface area contributed by atoms with Crippen molar-refractivity contribution < 1.29 is 27.5 Å². The van der Waals surface area contributed by atoms with Gasteiger partial charge in [-0.05, 0) is 60.5 Å². The monoisotopic (exact) mass is 468 g/mol. The van der Waals surface area contributed by atoms with E-state index in [-0.39, 0.29) is 11.3 Å². The summed E-state index contributed by atoms with van der Waals surface area (Å²) in [6, 6.07) is 20.0. The molecule has 1 unspecified atom stereocenters. The average molecular weight is 469 g/mol. The summed E-state index contributed by atoms with van der Waals surface area (Å²) >= 11 is 0. The maximum atomic E-state index is 13.1. The van der Waals surface area contributed by atoms with Gasteiger partial charge in [-0.2, -0.15) is 4.72 Å². The van der Waals surface area contributed by atoms with Gasteiger partial charge in [0.05, 0.1) is 24.7 Å². The van der Waals surface area contributed by atoms with Gasteiger partial charge < -0.3 is 14.8 Å². The highest BCUT2D eigenvalue weighted by Gasteiger charge is 2.26. The number of sulfonamides is 1. The van der Waals surface area contributed by atoms with E-state index >= 15 is 0 Å². The van der Waals surface area contributed by atoms with Crippen LogP contribution in [-0.4, -0.2) is 40.6 Å². The lowest BCUT2D eigenvalue weighted by atomic mass is 10.1. The first-order chi connectivity index (χ1) is 15.8. The van der Waals surface area contributed by atoms with E-state index in [0.717, 1.165) is 5.56 Å². The third-order valence-electron chi connectivity index (χ3n) is 4.84. The smallest absolute Gasteiger partial charge is 0.337 e. The molecule has 0 fully saturated rings. The molecule has 0 aliphatic rings. The van der Waals surface area contributed by atoms with Crippen molar-refractivity contribution in [3.05, 3.63) is 90.0 Å². The summed E-state index contributed by atoms with van der Waals surface area (Å²) in [6.45, 7) is 0. The Hall–Kier alpha value is -3.69. The summed E-state index contributed by atoms with van der Waals surface area (Å²) < 4.78 is 38.1. The maximum absolute atomic E-state index is 13.1. The molecule has 0 radical (unpaired) electrons. The molecule has 3 rings (SSSR count). The molecule has 1 atom stereocenters. The largest absolute Gasteiger partial charge is 0.497 e. The normalized spacial score (nSPS) is 11.9. The molecule has 9 heteroatoms. The van der Waals surface area contributed by atoms with Crippen LogP contribution in [-0.2, 0) is 26.0 Å². The van der Waals surface area contributed by atoms with Gasteiger partial charge in [0.25, 0.3) is 0 Å². The van der Waals surface area contributed by atoms with Crippen molar-refractivity contribution in [3.8, 4) is 5.75 Å². The number of esters is 1. The third-order valence-corrected chi connectivity index (χ3v) is 6.33. The Morgan fingerprint density at radius 3 is 2.09 bits per heavy atom. The van der Waals surface area contributed by atoms with E-state index in [4.69, 9.17) is 4.74 Å². The van der Waals surface area contributed by atoms with Gasteiger partial charge in [-0.1, -0.05) is 30.3 Å². The van der Waals surface area contributed by atoms with E-state index in [9.17, 15) is 18.0 Å².